The van der Waals surface area contributed by atoms with Crippen molar-refractivity contribution in [1.29, 1.82) is 0 Å². The Labute approximate surface area is 102 Å². The summed E-state index contributed by atoms with van der Waals surface area (Å²) in [6.07, 6.45) is 0. The summed E-state index contributed by atoms with van der Waals surface area (Å²) in [7, 11) is 0. The number of carbonyl (C=O) groups is 1. The Morgan fingerprint density at radius 2 is 1.88 bits per heavy atom. The van der Waals surface area contributed by atoms with Gasteiger partial charge in [0.2, 0.25) is 0 Å². The number of benzene rings is 1. The lowest BCUT2D eigenvalue weighted by Crippen LogP contribution is -2.43. The molecule has 1 N–H and O–H groups in total. The van der Waals surface area contributed by atoms with Gasteiger partial charge in [-0.2, -0.15) is 0 Å². The van der Waals surface area contributed by atoms with Gasteiger partial charge in [0.25, 0.3) is 5.91 Å². The van der Waals surface area contributed by atoms with Crippen LogP contribution in [0.25, 0.3) is 0 Å². The van der Waals surface area contributed by atoms with Crippen LogP contribution in [-0.2, 0) is 10.2 Å². The Morgan fingerprint density at radius 3 is 2.29 bits per heavy atom. The fourth-order valence-corrected chi connectivity index (χ4v) is 1.94. The smallest absolute Gasteiger partial charge is 0.251 e. The minimum absolute atomic E-state index is 0.0124. The van der Waals surface area contributed by atoms with Crippen LogP contribution < -0.4 is 5.32 Å². The molecule has 0 radical (unpaired) electrons. The standard InChI is InChI=1S/C14H19NO2/c1-10(2)15-13(16)11-4-6-12(7-5-11)14(3)8-17-9-14/h4-7,10H,8-9H2,1-3H3,(H,15,16). The van der Waals surface area contributed by atoms with E-state index in [-0.39, 0.29) is 17.4 Å². The van der Waals surface area contributed by atoms with Crippen LogP contribution in [0.1, 0.15) is 36.7 Å². The van der Waals surface area contributed by atoms with Crippen molar-refractivity contribution >= 4 is 5.91 Å². The van der Waals surface area contributed by atoms with Crippen molar-refractivity contribution in [2.45, 2.75) is 32.2 Å². The molecular formula is C14H19NO2. The van der Waals surface area contributed by atoms with Crippen molar-refractivity contribution < 1.29 is 9.53 Å². The van der Waals surface area contributed by atoms with Crippen LogP contribution in [0.2, 0.25) is 0 Å². The molecule has 1 fully saturated rings. The molecule has 2 rings (SSSR count). The first-order valence-electron chi connectivity index (χ1n) is 6.00. The molecule has 92 valence electrons. The average Bonchev–Trinajstić information content (AvgIpc) is 2.25. The Balaban J connectivity index is 2.10. The third-order valence-corrected chi connectivity index (χ3v) is 3.11. The normalized spacial score (nSPS) is 17.6. The predicted molar refractivity (Wildman–Crippen MR) is 67.2 cm³/mol. The van der Waals surface area contributed by atoms with Crippen LogP contribution in [0.5, 0.6) is 0 Å². The van der Waals surface area contributed by atoms with Crippen molar-refractivity contribution in [3.63, 3.8) is 0 Å². The Kier molecular flexibility index (Phi) is 3.20. The summed E-state index contributed by atoms with van der Waals surface area (Å²) in [6.45, 7) is 7.63. The van der Waals surface area contributed by atoms with E-state index in [0.717, 1.165) is 13.2 Å². The van der Waals surface area contributed by atoms with Gasteiger partial charge in [-0.3, -0.25) is 4.79 Å². The summed E-state index contributed by atoms with van der Waals surface area (Å²) in [6, 6.07) is 7.99. The summed E-state index contributed by atoms with van der Waals surface area (Å²) in [4.78, 5) is 11.8. The zero-order valence-corrected chi connectivity index (χ0v) is 10.6. The van der Waals surface area contributed by atoms with E-state index in [1.54, 1.807) is 0 Å². The van der Waals surface area contributed by atoms with Crippen LogP contribution in [-0.4, -0.2) is 25.2 Å². The second kappa shape index (κ2) is 4.49. The van der Waals surface area contributed by atoms with Gasteiger partial charge >= 0.3 is 0 Å². The van der Waals surface area contributed by atoms with Gasteiger partial charge in [-0.05, 0) is 31.5 Å². The Hall–Kier alpha value is -1.35. The molecule has 0 spiro atoms. The summed E-state index contributed by atoms with van der Waals surface area (Å²) in [5, 5.41) is 2.88. The summed E-state index contributed by atoms with van der Waals surface area (Å²) < 4.78 is 5.24. The molecule has 0 saturated carbocycles. The highest BCUT2D eigenvalue weighted by Crippen LogP contribution is 2.31. The molecule has 3 heteroatoms. The molecule has 0 aromatic heterocycles. The number of carbonyl (C=O) groups excluding carboxylic acids is 1. The maximum Gasteiger partial charge on any atom is 0.251 e. The van der Waals surface area contributed by atoms with Gasteiger partial charge in [-0.1, -0.05) is 19.1 Å². The van der Waals surface area contributed by atoms with Gasteiger partial charge in [-0.15, -0.1) is 0 Å². The molecule has 1 saturated heterocycles. The number of hydrogen-bond donors (Lipinski definition) is 1. The largest absolute Gasteiger partial charge is 0.379 e. The van der Waals surface area contributed by atoms with E-state index < -0.39 is 0 Å². The van der Waals surface area contributed by atoms with Gasteiger partial charge in [0.1, 0.15) is 0 Å². The van der Waals surface area contributed by atoms with Crippen LogP contribution >= 0.6 is 0 Å². The third-order valence-electron chi connectivity index (χ3n) is 3.11. The maximum absolute atomic E-state index is 11.8. The van der Waals surface area contributed by atoms with Crippen molar-refractivity contribution in [2.24, 2.45) is 0 Å². The highest BCUT2D eigenvalue weighted by atomic mass is 16.5. The number of rotatable bonds is 3. The van der Waals surface area contributed by atoms with Crippen molar-refractivity contribution in [2.75, 3.05) is 13.2 Å². The van der Waals surface area contributed by atoms with Gasteiger partial charge in [-0.25, -0.2) is 0 Å². The van der Waals surface area contributed by atoms with Gasteiger partial charge in [0.15, 0.2) is 0 Å². The fraction of sp³-hybridized carbons (Fsp3) is 0.500. The molecule has 0 unspecified atom stereocenters. The zero-order valence-electron chi connectivity index (χ0n) is 10.6. The summed E-state index contributed by atoms with van der Waals surface area (Å²) >= 11 is 0. The summed E-state index contributed by atoms with van der Waals surface area (Å²) in [5.41, 5.74) is 2.09. The van der Waals surface area contributed by atoms with Crippen LogP contribution in [0, 0.1) is 0 Å². The van der Waals surface area contributed by atoms with Crippen molar-refractivity contribution in [1.82, 2.24) is 5.32 Å². The van der Waals surface area contributed by atoms with E-state index in [9.17, 15) is 4.79 Å². The molecule has 17 heavy (non-hydrogen) atoms. The van der Waals surface area contributed by atoms with E-state index >= 15 is 0 Å². The lowest BCUT2D eigenvalue weighted by molar-refractivity contribution is -0.0500. The molecular weight excluding hydrogens is 214 g/mol. The predicted octanol–water partition coefficient (Wildman–Crippen LogP) is 2.11. The topological polar surface area (TPSA) is 38.3 Å². The van der Waals surface area contributed by atoms with Crippen LogP contribution in [0.3, 0.4) is 0 Å². The molecule has 3 nitrogen and oxygen atoms in total. The molecule has 0 atom stereocenters. The van der Waals surface area contributed by atoms with E-state index in [4.69, 9.17) is 4.74 Å². The lowest BCUT2D eigenvalue weighted by Gasteiger charge is -2.38. The minimum Gasteiger partial charge on any atom is -0.379 e. The molecule has 1 aliphatic rings. The Bertz CT molecular complexity index is 405. The number of ether oxygens (including phenoxy) is 1. The quantitative estimate of drug-likeness (QED) is 0.868. The highest BCUT2D eigenvalue weighted by molar-refractivity contribution is 5.94. The monoisotopic (exact) mass is 233 g/mol. The zero-order chi connectivity index (χ0) is 12.5. The molecule has 1 aromatic rings. The first-order chi connectivity index (χ1) is 8.01. The maximum atomic E-state index is 11.8. The number of nitrogens with one attached hydrogen (secondary N) is 1. The first kappa shape index (κ1) is 12.1. The molecule has 1 heterocycles. The molecule has 1 aliphatic heterocycles. The molecule has 0 bridgehead atoms. The van der Waals surface area contributed by atoms with E-state index in [1.807, 2.05) is 38.1 Å². The van der Waals surface area contributed by atoms with E-state index in [0.29, 0.717) is 5.56 Å². The number of amides is 1. The third kappa shape index (κ3) is 2.50. The van der Waals surface area contributed by atoms with Crippen molar-refractivity contribution in [3.05, 3.63) is 35.4 Å². The van der Waals surface area contributed by atoms with Crippen molar-refractivity contribution in [3.8, 4) is 0 Å². The SMILES string of the molecule is CC(C)NC(=O)c1ccc(C2(C)COC2)cc1. The molecule has 0 aliphatic carbocycles. The molecule has 1 aromatic carbocycles. The van der Waals surface area contributed by atoms with Crippen LogP contribution in [0.4, 0.5) is 0 Å². The van der Waals surface area contributed by atoms with Gasteiger partial charge in [0, 0.05) is 17.0 Å². The lowest BCUT2D eigenvalue weighted by atomic mass is 9.80. The second-order valence-corrected chi connectivity index (χ2v) is 5.26. The number of hydrogen-bond acceptors (Lipinski definition) is 2. The van der Waals surface area contributed by atoms with Gasteiger partial charge < -0.3 is 10.1 Å². The average molecular weight is 233 g/mol. The Morgan fingerprint density at radius 1 is 1.29 bits per heavy atom. The molecule has 1 amide bonds. The van der Waals surface area contributed by atoms with E-state index in [2.05, 4.69) is 12.2 Å². The van der Waals surface area contributed by atoms with Crippen LogP contribution in [0.15, 0.2) is 24.3 Å². The fourth-order valence-electron chi connectivity index (χ4n) is 1.94. The highest BCUT2D eigenvalue weighted by Gasteiger charge is 2.35. The summed E-state index contributed by atoms with van der Waals surface area (Å²) in [5.74, 6) is -0.0124. The first-order valence-corrected chi connectivity index (χ1v) is 6.00. The minimum atomic E-state index is -0.0124. The second-order valence-electron chi connectivity index (χ2n) is 5.26. The van der Waals surface area contributed by atoms with E-state index in [1.165, 1.54) is 5.56 Å². The van der Waals surface area contributed by atoms with Gasteiger partial charge in [0.05, 0.1) is 13.2 Å².